The van der Waals surface area contributed by atoms with Gasteiger partial charge in [-0.25, -0.2) is 0 Å². The van der Waals surface area contributed by atoms with Gasteiger partial charge in [0.15, 0.2) is 5.43 Å². The van der Waals surface area contributed by atoms with Crippen molar-refractivity contribution in [2.24, 2.45) is 5.92 Å². The fraction of sp³-hybridized carbons (Fsp3) is 0.348. The maximum atomic E-state index is 12.8. The normalized spacial score (nSPS) is 12.6. The summed E-state index contributed by atoms with van der Waals surface area (Å²) in [5.74, 6) is 1.22. The van der Waals surface area contributed by atoms with E-state index in [4.69, 9.17) is 4.42 Å². The third-order valence-electron chi connectivity index (χ3n) is 4.87. The zero-order valence-corrected chi connectivity index (χ0v) is 15.3. The van der Waals surface area contributed by atoms with Crippen LogP contribution in [0.5, 0.6) is 0 Å². The van der Waals surface area contributed by atoms with Gasteiger partial charge in [-0.15, -0.1) is 0 Å². The third kappa shape index (κ3) is 4.01. The van der Waals surface area contributed by atoms with Crippen LogP contribution < -0.4 is 5.43 Å². The molecule has 25 heavy (non-hydrogen) atoms. The van der Waals surface area contributed by atoms with Crippen LogP contribution in [-0.2, 0) is 0 Å². The zero-order valence-electron chi connectivity index (χ0n) is 15.3. The summed E-state index contributed by atoms with van der Waals surface area (Å²) < 4.78 is 5.81. The molecule has 0 spiro atoms. The SMILES string of the molecule is CC(C)CCCC(C)c1ccc2c(=O)c(-c3ccccc3)coc2c1. The molecule has 130 valence electrons. The van der Waals surface area contributed by atoms with E-state index in [1.54, 1.807) is 6.26 Å². The number of hydrogen-bond acceptors (Lipinski definition) is 2. The maximum Gasteiger partial charge on any atom is 0.200 e. The molecule has 0 aliphatic heterocycles. The van der Waals surface area contributed by atoms with Crippen molar-refractivity contribution in [3.8, 4) is 11.1 Å². The first-order chi connectivity index (χ1) is 12.1. The Morgan fingerprint density at radius 2 is 1.72 bits per heavy atom. The van der Waals surface area contributed by atoms with Gasteiger partial charge in [0.1, 0.15) is 11.8 Å². The highest BCUT2D eigenvalue weighted by Gasteiger charge is 2.12. The lowest BCUT2D eigenvalue weighted by Gasteiger charge is -2.13. The molecule has 3 rings (SSSR count). The van der Waals surface area contributed by atoms with E-state index < -0.39 is 0 Å². The molecule has 2 heteroatoms. The third-order valence-corrected chi connectivity index (χ3v) is 4.87. The van der Waals surface area contributed by atoms with Crippen LogP contribution in [0.2, 0.25) is 0 Å². The summed E-state index contributed by atoms with van der Waals surface area (Å²) in [7, 11) is 0. The molecule has 2 aromatic carbocycles. The molecular formula is C23H26O2. The molecule has 0 aliphatic carbocycles. The second-order valence-corrected chi connectivity index (χ2v) is 7.33. The van der Waals surface area contributed by atoms with Gasteiger partial charge < -0.3 is 4.42 Å². The van der Waals surface area contributed by atoms with Crippen molar-refractivity contribution < 1.29 is 4.42 Å². The van der Waals surface area contributed by atoms with Gasteiger partial charge in [-0.2, -0.15) is 0 Å². The van der Waals surface area contributed by atoms with Gasteiger partial charge in [0.2, 0.25) is 0 Å². The lowest BCUT2D eigenvalue weighted by atomic mass is 9.93. The van der Waals surface area contributed by atoms with Gasteiger partial charge in [0.05, 0.1) is 10.9 Å². The van der Waals surface area contributed by atoms with Crippen LogP contribution >= 0.6 is 0 Å². The molecule has 0 N–H and O–H groups in total. The molecule has 0 radical (unpaired) electrons. The van der Waals surface area contributed by atoms with Crippen molar-refractivity contribution in [1.82, 2.24) is 0 Å². The Hall–Kier alpha value is -2.35. The van der Waals surface area contributed by atoms with E-state index in [-0.39, 0.29) is 5.43 Å². The fourth-order valence-corrected chi connectivity index (χ4v) is 3.27. The van der Waals surface area contributed by atoms with E-state index in [1.165, 1.54) is 18.4 Å². The highest BCUT2D eigenvalue weighted by molar-refractivity contribution is 5.82. The summed E-state index contributed by atoms with van der Waals surface area (Å²) in [4.78, 5) is 12.8. The molecule has 1 atom stereocenters. The summed E-state index contributed by atoms with van der Waals surface area (Å²) in [5.41, 5.74) is 3.46. The van der Waals surface area contributed by atoms with Crippen LogP contribution in [0.1, 0.15) is 51.5 Å². The van der Waals surface area contributed by atoms with Crippen LogP contribution in [0.3, 0.4) is 0 Å². The predicted molar refractivity (Wildman–Crippen MR) is 105 cm³/mol. The number of hydrogen-bond donors (Lipinski definition) is 0. The Balaban J connectivity index is 1.88. The quantitative estimate of drug-likeness (QED) is 0.523. The smallest absolute Gasteiger partial charge is 0.200 e. The van der Waals surface area contributed by atoms with E-state index in [2.05, 4.69) is 26.8 Å². The minimum atomic E-state index is 0.0338. The number of rotatable bonds is 6. The number of fused-ring (bicyclic) bond motifs is 1. The fourth-order valence-electron chi connectivity index (χ4n) is 3.27. The lowest BCUT2D eigenvalue weighted by molar-refractivity contribution is 0.512. The number of benzene rings is 2. The topological polar surface area (TPSA) is 30.2 Å². The highest BCUT2D eigenvalue weighted by Crippen LogP contribution is 2.26. The van der Waals surface area contributed by atoms with E-state index >= 15 is 0 Å². The summed E-state index contributed by atoms with van der Waals surface area (Å²) >= 11 is 0. The largest absolute Gasteiger partial charge is 0.463 e. The maximum absolute atomic E-state index is 12.8. The molecule has 1 heterocycles. The first-order valence-electron chi connectivity index (χ1n) is 9.17. The van der Waals surface area contributed by atoms with Gasteiger partial charge in [0, 0.05) is 0 Å². The molecule has 0 amide bonds. The summed E-state index contributed by atoms with van der Waals surface area (Å²) in [6.07, 6.45) is 5.24. The Morgan fingerprint density at radius 3 is 2.44 bits per heavy atom. The molecule has 0 saturated carbocycles. The van der Waals surface area contributed by atoms with Gasteiger partial charge in [-0.1, -0.05) is 70.0 Å². The highest BCUT2D eigenvalue weighted by atomic mass is 16.3. The Kier molecular flexibility index (Phi) is 5.37. The van der Waals surface area contributed by atoms with Crippen molar-refractivity contribution in [3.63, 3.8) is 0 Å². The van der Waals surface area contributed by atoms with Gasteiger partial charge in [-0.3, -0.25) is 4.79 Å². The monoisotopic (exact) mass is 334 g/mol. The van der Waals surface area contributed by atoms with Gasteiger partial charge >= 0.3 is 0 Å². The van der Waals surface area contributed by atoms with Crippen molar-refractivity contribution in [3.05, 3.63) is 70.6 Å². The van der Waals surface area contributed by atoms with Crippen molar-refractivity contribution in [2.75, 3.05) is 0 Å². The van der Waals surface area contributed by atoms with Gasteiger partial charge in [-0.05, 0) is 41.5 Å². The molecular weight excluding hydrogens is 308 g/mol. The Labute approximate surface area is 149 Å². The Bertz CT molecular complexity index is 891. The van der Waals surface area contributed by atoms with E-state index in [0.717, 1.165) is 17.9 Å². The van der Waals surface area contributed by atoms with Crippen LogP contribution in [0.15, 0.2) is 64.0 Å². The van der Waals surface area contributed by atoms with E-state index in [0.29, 0.717) is 22.5 Å². The molecule has 3 aromatic rings. The van der Waals surface area contributed by atoms with Crippen LogP contribution in [0.25, 0.3) is 22.1 Å². The van der Waals surface area contributed by atoms with Crippen molar-refractivity contribution in [1.29, 1.82) is 0 Å². The van der Waals surface area contributed by atoms with Crippen LogP contribution in [0, 0.1) is 5.92 Å². The molecule has 1 aromatic heterocycles. The minimum Gasteiger partial charge on any atom is -0.463 e. The average molecular weight is 334 g/mol. The average Bonchev–Trinajstić information content (AvgIpc) is 2.62. The first-order valence-corrected chi connectivity index (χ1v) is 9.17. The van der Waals surface area contributed by atoms with E-state index in [9.17, 15) is 4.79 Å². The van der Waals surface area contributed by atoms with Crippen LogP contribution in [0.4, 0.5) is 0 Å². The Morgan fingerprint density at radius 1 is 0.960 bits per heavy atom. The molecule has 1 unspecified atom stereocenters. The summed E-state index contributed by atoms with van der Waals surface area (Å²) in [5, 5.41) is 0.652. The molecule has 2 nitrogen and oxygen atoms in total. The van der Waals surface area contributed by atoms with E-state index in [1.807, 2.05) is 42.5 Å². The first kappa shape index (κ1) is 17.5. The lowest BCUT2D eigenvalue weighted by Crippen LogP contribution is -2.05. The second-order valence-electron chi connectivity index (χ2n) is 7.33. The second kappa shape index (κ2) is 7.69. The van der Waals surface area contributed by atoms with Crippen molar-refractivity contribution in [2.45, 2.75) is 46.0 Å². The van der Waals surface area contributed by atoms with Gasteiger partial charge in [0.25, 0.3) is 0 Å². The summed E-state index contributed by atoms with van der Waals surface area (Å²) in [6, 6.07) is 15.7. The zero-order chi connectivity index (χ0) is 17.8. The summed E-state index contributed by atoms with van der Waals surface area (Å²) in [6.45, 7) is 6.78. The molecule has 0 aliphatic rings. The van der Waals surface area contributed by atoms with Crippen molar-refractivity contribution >= 4 is 11.0 Å². The predicted octanol–water partition coefficient (Wildman–Crippen LogP) is 6.39. The molecule has 0 bridgehead atoms. The molecule has 0 fully saturated rings. The minimum absolute atomic E-state index is 0.0338. The molecule has 0 saturated heterocycles. The standard InChI is InChI=1S/C23H26O2/c1-16(2)8-7-9-17(3)19-12-13-20-22(14-19)25-15-21(23(20)24)18-10-5-4-6-11-18/h4-6,10-17H,7-9H2,1-3H3. The van der Waals surface area contributed by atoms with Crippen LogP contribution in [-0.4, -0.2) is 0 Å².